The summed E-state index contributed by atoms with van der Waals surface area (Å²) in [6, 6.07) is 8.13. The maximum Gasteiger partial charge on any atom is 0.262 e. The number of anilines is 2. The van der Waals surface area contributed by atoms with Crippen LogP contribution in [-0.2, 0) is 26.5 Å². The number of hydrogen-bond donors (Lipinski definition) is 1. The summed E-state index contributed by atoms with van der Waals surface area (Å²) >= 11 is 0. The predicted octanol–water partition coefficient (Wildman–Crippen LogP) is 2.74. The van der Waals surface area contributed by atoms with Crippen molar-refractivity contribution in [2.45, 2.75) is 24.7 Å². The lowest BCUT2D eigenvalue weighted by Crippen LogP contribution is -2.34. The average molecular weight is 429 g/mol. The molecule has 0 amide bonds. The van der Waals surface area contributed by atoms with Gasteiger partial charge in [0.05, 0.1) is 29.1 Å². The first kappa shape index (κ1) is 20.4. The number of ether oxygens (including phenoxy) is 1. The largest absolute Gasteiger partial charge is 0.491 e. The summed E-state index contributed by atoms with van der Waals surface area (Å²) in [5, 5.41) is 0. The highest BCUT2D eigenvalue weighted by Gasteiger charge is 2.25. The molecule has 0 bridgehead atoms. The molecule has 0 saturated carbocycles. The lowest BCUT2D eigenvalue weighted by Gasteiger charge is -2.29. The van der Waals surface area contributed by atoms with Crippen molar-refractivity contribution < 1.29 is 26.0 Å². The normalized spacial score (nSPS) is 14.5. The Morgan fingerprint density at radius 2 is 1.89 bits per heavy atom. The minimum absolute atomic E-state index is 0.0287. The van der Waals surface area contributed by atoms with Crippen LogP contribution in [0.1, 0.15) is 18.9 Å². The van der Waals surface area contributed by atoms with E-state index in [1.54, 1.807) is 19.1 Å². The van der Waals surface area contributed by atoms with Crippen LogP contribution in [0.3, 0.4) is 0 Å². The van der Waals surface area contributed by atoms with Gasteiger partial charge in [0, 0.05) is 6.54 Å². The summed E-state index contributed by atoms with van der Waals surface area (Å²) in [4.78, 5) is -0.258. The van der Waals surface area contributed by atoms with E-state index < -0.39 is 25.9 Å². The third-order valence-corrected chi connectivity index (χ3v) is 6.89. The highest BCUT2D eigenvalue weighted by molar-refractivity contribution is 7.92. The zero-order valence-electron chi connectivity index (χ0n) is 15.5. The van der Waals surface area contributed by atoms with Gasteiger partial charge >= 0.3 is 0 Å². The van der Waals surface area contributed by atoms with E-state index in [1.807, 2.05) is 0 Å². The number of benzene rings is 2. The lowest BCUT2D eigenvalue weighted by molar-refractivity contribution is 0.321. The predicted molar refractivity (Wildman–Crippen MR) is 105 cm³/mol. The number of hydrogen-bond acceptors (Lipinski definition) is 5. The minimum atomic E-state index is -4.06. The van der Waals surface area contributed by atoms with Crippen molar-refractivity contribution in [3.05, 3.63) is 47.8 Å². The van der Waals surface area contributed by atoms with Crippen LogP contribution in [0, 0.1) is 5.82 Å². The molecule has 152 valence electrons. The summed E-state index contributed by atoms with van der Waals surface area (Å²) in [6.07, 6.45) is 2.51. The summed E-state index contributed by atoms with van der Waals surface area (Å²) in [5.74, 6) is -0.808. The van der Waals surface area contributed by atoms with E-state index in [-0.39, 0.29) is 22.9 Å². The van der Waals surface area contributed by atoms with E-state index in [0.717, 1.165) is 17.9 Å². The highest BCUT2D eigenvalue weighted by Crippen LogP contribution is 2.32. The van der Waals surface area contributed by atoms with Crippen LogP contribution in [0.15, 0.2) is 41.3 Å². The molecule has 0 aliphatic carbocycles. The summed E-state index contributed by atoms with van der Waals surface area (Å²) < 4.78 is 72.0. The third-order valence-electron chi connectivity index (χ3n) is 4.33. The van der Waals surface area contributed by atoms with Crippen LogP contribution in [0.5, 0.6) is 5.75 Å². The molecule has 7 nitrogen and oxygen atoms in total. The van der Waals surface area contributed by atoms with E-state index >= 15 is 0 Å². The first-order chi connectivity index (χ1) is 13.1. The monoisotopic (exact) mass is 428 g/mol. The number of nitrogens with zero attached hydrogens (tertiary/aromatic N) is 1. The Bertz CT molecular complexity index is 1100. The van der Waals surface area contributed by atoms with Crippen molar-refractivity contribution in [1.82, 2.24) is 0 Å². The van der Waals surface area contributed by atoms with Crippen molar-refractivity contribution in [3.8, 4) is 5.75 Å². The van der Waals surface area contributed by atoms with Gasteiger partial charge in [-0.1, -0.05) is 6.07 Å². The van der Waals surface area contributed by atoms with E-state index in [2.05, 4.69) is 4.72 Å². The number of halogens is 1. The summed E-state index contributed by atoms with van der Waals surface area (Å²) in [6.45, 7) is 2.29. The van der Waals surface area contributed by atoms with Gasteiger partial charge < -0.3 is 4.74 Å². The molecular formula is C18H21FN2O5S2. The van der Waals surface area contributed by atoms with Crippen molar-refractivity contribution in [2.75, 3.05) is 28.4 Å². The number of aryl methyl sites for hydroxylation is 1. The van der Waals surface area contributed by atoms with E-state index in [4.69, 9.17) is 4.74 Å². The number of sulfonamides is 2. The van der Waals surface area contributed by atoms with E-state index in [0.29, 0.717) is 25.1 Å². The number of rotatable bonds is 6. The smallest absolute Gasteiger partial charge is 0.262 e. The quantitative estimate of drug-likeness (QED) is 0.764. The molecule has 0 spiro atoms. The summed E-state index contributed by atoms with van der Waals surface area (Å²) in [5.41, 5.74) is 1.47. The SMILES string of the molecule is CCOc1ccc(S(=O)(=O)Nc2ccc3c(c2)N(S(C)(=O)=O)CCC3)cc1F. The Kier molecular flexibility index (Phi) is 5.53. The van der Waals surface area contributed by atoms with Crippen LogP contribution < -0.4 is 13.8 Å². The molecular weight excluding hydrogens is 407 g/mol. The molecule has 1 N–H and O–H groups in total. The Labute approximate surface area is 164 Å². The second-order valence-electron chi connectivity index (χ2n) is 6.41. The molecule has 3 rings (SSSR count). The first-order valence-electron chi connectivity index (χ1n) is 8.67. The Balaban J connectivity index is 1.92. The van der Waals surface area contributed by atoms with Gasteiger partial charge in [0.1, 0.15) is 0 Å². The lowest BCUT2D eigenvalue weighted by atomic mass is 10.0. The van der Waals surface area contributed by atoms with Gasteiger partial charge in [-0.15, -0.1) is 0 Å². The van der Waals surface area contributed by atoms with E-state index in [9.17, 15) is 21.2 Å². The van der Waals surface area contributed by atoms with Crippen LogP contribution in [-0.4, -0.2) is 36.2 Å². The first-order valence-corrected chi connectivity index (χ1v) is 12.0. The molecule has 0 saturated heterocycles. The fraction of sp³-hybridized carbons (Fsp3) is 0.333. The molecule has 2 aromatic rings. The second kappa shape index (κ2) is 7.59. The molecule has 0 atom stereocenters. The Hall–Kier alpha value is -2.33. The topological polar surface area (TPSA) is 92.8 Å². The van der Waals surface area contributed by atoms with Crippen LogP contribution >= 0.6 is 0 Å². The molecule has 0 radical (unpaired) electrons. The maximum atomic E-state index is 14.0. The average Bonchev–Trinajstić information content (AvgIpc) is 2.61. The molecule has 28 heavy (non-hydrogen) atoms. The Morgan fingerprint density at radius 3 is 2.54 bits per heavy atom. The molecule has 1 aliphatic heterocycles. The molecule has 1 heterocycles. The van der Waals surface area contributed by atoms with Gasteiger partial charge in [0.2, 0.25) is 10.0 Å². The van der Waals surface area contributed by atoms with Crippen molar-refractivity contribution in [1.29, 1.82) is 0 Å². The minimum Gasteiger partial charge on any atom is -0.491 e. The van der Waals surface area contributed by atoms with Crippen molar-refractivity contribution in [3.63, 3.8) is 0 Å². The third kappa shape index (κ3) is 4.22. The molecule has 0 unspecified atom stereocenters. The van der Waals surface area contributed by atoms with Gasteiger partial charge in [-0.05, 0) is 55.7 Å². The highest BCUT2D eigenvalue weighted by atomic mass is 32.2. The molecule has 2 aromatic carbocycles. The molecule has 0 aromatic heterocycles. The van der Waals surface area contributed by atoms with Gasteiger partial charge in [0.25, 0.3) is 10.0 Å². The van der Waals surface area contributed by atoms with Crippen LogP contribution in [0.25, 0.3) is 0 Å². The van der Waals surface area contributed by atoms with Gasteiger partial charge in [-0.3, -0.25) is 9.03 Å². The van der Waals surface area contributed by atoms with Gasteiger partial charge in [-0.25, -0.2) is 21.2 Å². The van der Waals surface area contributed by atoms with Crippen LogP contribution in [0.4, 0.5) is 15.8 Å². The second-order valence-corrected chi connectivity index (χ2v) is 10.0. The standard InChI is InChI=1S/C18H21FN2O5S2/c1-3-26-18-9-8-15(12-16(18)19)28(24,25)20-14-7-6-13-5-4-10-21(17(13)11-14)27(2,22)23/h6-9,11-12,20H,3-5,10H2,1-2H3. The van der Waals surface area contributed by atoms with E-state index in [1.165, 1.54) is 22.5 Å². The molecule has 0 fully saturated rings. The fourth-order valence-electron chi connectivity index (χ4n) is 3.08. The maximum absolute atomic E-state index is 14.0. The van der Waals surface area contributed by atoms with Crippen LogP contribution in [0.2, 0.25) is 0 Å². The Morgan fingerprint density at radius 1 is 1.14 bits per heavy atom. The molecule has 10 heteroatoms. The summed E-state index contributed by atoms with van der Waals surface area (Å²) in [7, 11) is -7.54. The fourth-order valence-corrected chi connectivity index (χ4v) is 5.13. The zero-order chi connectivity index (χ0) is 20.5. The van der Waals surface area contributed by atoms with Gasteiger partial charge in [-0.2, -0.15) is 0 Å². The zero-order valence-corrected chi connectivity index (χ0v) is 17.1. The van der Waals surface area contributed by atoms with Crippen molar-refractivity contribution >= 4 is 31.4 Å². The van der Waals surface area contributed by atoms with Gasteiger partial charge in [0.15, 0.2) is 11.6 Å². The molecule has 1 aliphatic rings. The van der Waals surface area contributed by atoms with Crippen molar-refractivity contribution in [2.24, 2.45) is 0 Å². The number of nitrogens with one attached hydrogen (secondary N) is 1. The number of fused-ring (bicyclic) bond motifs is 1.